The molecule has 0 radical (unpaired) electrons. The van der Waals surface area contributed by atoms with Gasteiger partial charge in [0.05, 0.1) is 13.2 Å². The van der Waals surface area contributed by atoms with Crippen molar-refractivity contribution in [1.29, 1.82) is 0 Å². The molecule has 0 unspecified atom stereocenters. The fourth-order valence-electron chi connectivity index (χ4n) is 5.09. The third-order valence-corrected chi connectivity index (χ3v) is 7.72. The minimum Gasteiger partial charge on any atom is -0.481 e. The summed E-state index contributed by atoms with van der Waals surface area (Å²) < 4.78 is 11.2. The van der Waals surface area contributed by atoms with Crippen LogP contribution in [-0.2, 0) is 9.53 Å². The molecule has 1 fully saturated rings. The second kappa shape index (κ2) is 16.5. The molecule has 4 rings (SSSR count). The van der Waals surface area contributed by atoms with Crippen molar-refractivity contribution in [2.24, 2.45) is 0 Å². The molecular weight excluding hydrogens is 575 g/mol. The number of carboxylic acids is 1. The van der Waals surface area contributed by atoms with Crippen LogP contribution in [0.5, 0.6) is 5.75 Å². The quantitative estimate of drug-likeness (QED) is 0.177. The molecule has 224 valence electrons. The zero-order valence-electron chi connectivity index (χ0n) is 23.7. The summed E-state index contributed by atoms with van der Waals surface area (Å²) in [5, 5.41) is 13.4. The van der Waals surface area contributed by atoms with Crippen molar-refractivity contribution in [1.82, 2.24) is 10.2 Å². The van der Waals surface area contributed by atoms with Gasteiger partial charge in [-0.15, -0.1) is 0 Å². The number of benzene rings is 3. The van der Waals surface area contributed by atoms with Crippen LogP contribution in [0.3, 0.4) is 0 Å². The van der Waals surface area contributed by atoms with Crippen LogP contribution in [-0.4, -0.2) is 67.9 Å². The lowest BCUT2D eigenvalue weighted by Gasteiger charge is -2.26. The average molecular weight is 614 g/mol. The fourth-order valence-corrected chi connectivity index (χ4v) is 5.47. The summed E-state index contributed by atoms with van der Waals surface area (Å²) in [5.41, 5.74) is 2.98. The number of amides is 1. The van der Waals surface area contributed by atoms with Gasteiger partial charge in [-0.1, -0.05) is 73.2 Å². The molecule has 1 aliphatic rings. The first kappa shape index (κ1) is 31.8. The zero-order valence-corrected chi connectivity index (χ0v) is 25.3. The van der Waals surface area contributed by atoms with Gasteiger partial charge in [0, 0.05) is 46.4 Å². The van der Waals surface area contributed by atoms with Gasteiger partial charge in [0.25, 0.3) is 5.91 Å². The third-order valence-electron chi connectivity index (χ3n) is 7.25. The Hall–Kier alpha value is -3.10. The van der Waals surface area contributed by atoms with Crippen LogP contribution < -0.4 is 10.1 Å². The molecule has 0 saturated carbocycles. The molecule has 0 bridgehead atoms. The number of carbonyl (C=O) groups is 2. The summed E-state index contributed by atoms with van der Waals surface area (Å²) >= 11 is 12.6. The number of hydrogen-bond donors (Lipinski definition) is 2. The van der Waals surface area contributed by atoms with E-state index in [1.54, 1.807) is 48.5 Å². The molecule has 2 N–H and O–H groups in total. The Morgan fingerprint density at radius 1 is 0.833 bits per heavy atom. The smallest absolute Gasteiger partial charge is 0.341 e. The van der Waals surface area contributed by atoms with E-state index in [4.69, 9.17) is 32.7 Å². The molecule has 3 aromatic carbocycles. The van der Waals surface area contributed by atoms with E-state index in [1.165, 1.54) is 19.3 Å². The number of nitrogens with one attached hydrogen (secondary N) is 1. The van der Waals surface area contributed by atoms with E-state index in [0.717, 1.165) is 52.1 Å². The Morgan fingerprint density at radius 2 is 1.40 bits per heavy atom. The number of unbranched alkanes of at least 4 members (excludes halogenated alkanes) is 5. The van der Waals surface area contributed by atoms with Crippen LogP contribution in [0.4, 0.5) is 0 Å². The highest BCUT2D eigenvalue weighted by Gasteiger charge is 2.20. The predicted octanol–water partition coefficient (Wildman–Crippen LogP) is 7.19. The largest absolute Gasteiger partial charge is 0.481 e. The molecular formula is C33H38Cl2N2O5. The number of ether oxygens (including phenoxy) is 2. The lowest BCUT2D eigenvalue weighted by molar-refractivity contribution is -0.139. The molecule has 1 aliphatic heterocycles. The molecule has 0 spiro atoms. The zero-order chi connectivity index (χ0) is 29.7. The van der Waals surface area contributed by atoms with Crippen molar-refractivity contribution in [2.75, 3.05) is 46.0 Å². The monoisotopic (exact) mass is 612 g/mol. The van der Waals surface area contributed by atoms with Gasteiger partial charge in [0.2, 0.25) is 0 Å². The molecule has 1 amide bonds. The van der Waals surface area contributed by atoms with Gasteiger partial charge in [-0.05, 0) is 66.9 Å². The minimum absolute atomic E-state index is 0.211. The predicted molar refractivity (Wildman–Crippen MR) is 168 cm³/mol. The fraction of sp³-hybridized carbons (Fsp3) is 0.394. The first-order valence-electron chi connectivity index (χ1n) is 14.5. The van der Waals surface area contributed by atoms with Gasteiger partial charge in [0.1, 0.15) is 5.75 Å². The second-order valence-corrected chi connectivity index (χ2v) is 11.3. The van der Waals surface area contributed by atoms with Crippen molar-refractivity contribution in [3.05, 3.63) is 76.3 Å². The highest BCUT2D eigenvalue weighted by molar-refractivity contribution is 6.31. The standard InChI is InChI=1S/C33H38Cl2N2O5/c34-27-11-7-9-24(19-27)29-21-26(22-30(32(29)42-23-31(38)39)25-10-8-12-28(35)20-25)33(40)36-13-5-3-1-2-4-6-14-37-15-17-41-18-16-37/h7-12,19-22H,1-6,13-18,23H2,(H,36,40)(H,38,39). The van der Waals surface area contributed by atoms with Crippen LogP contribution in [0, 0.1) is 0 Å². The molecule has 7 nitrogen and oxygen atoms in total. The van der Waals surface area contributed by atoms with Crippen LogP contribution in [0.1, 0.15) is 48.9 Å². The van der Waals surface area contributed by atoms with E-state index in [9.17, 15) is 14.7 Å². The van der Waals surface area contributed by atoms with Gasteiger partial charge in [0.15, 0.2) is 6.61 Å². The first-order valence-corrected chi connectivity index (χ1v) is 15.3. The van der Waals surface area contributed by atoms with Gasteiger partial charge in [-0.25, -0.2) is 4.79 Å². The molecule has 1 saturated heterocycles. The topological polar surface area (TPSA) is 88.1 Å². The number of rotatable bonds is 15. The Bertz CT molecular complexity index is 1280. The summed E-state index contributed by atoms with van der Waals surface area (Å²) in [6.45, 7) is 4.95. The molecule has 3 aromatic rings. The summed E-state index contributed by atoms with van der Waals surface area (Å²) in [4.78, 5) is 27.2. The third kappa shape index (κ3) is 9.73. The maximum atomic E-state index is 13.3. The number of aliphatic carboxylic acids is 1. The van der Waals surface area contributed by atoms with E-state index in [0.29, 0.717) is 50.2 Å². The van der Waals surface area contributed by atoms with Gasteiger partial charge >= 0.3 is 5.97 Å². The number of carbonyl (C=O) groups excluding carboxylic acids is 1. The van der Waals surface area contributed by atoms with E-state index in [1.807, 2.05) is 12.1 Å². The van der Waals surface area contributed by atoms with Crippen molar-refractivity contribution in [3.63, 3.8) is 0 Å². The number of morpholine rings is 1. The summed E-state index contributed by atoms with van der Waals surface area (Å²) in [5.74, 6) is -0.980. The Balaban J connectivity index is 1.42. The first-order chi connectivity index (χ1) is 20.4. The summed E-state index contributed by atoms with van der Waals surface area (Å²) in [6, 6.07) is 17.8. The highest BCUT2D eigenvalue weighted by Crippen LogP contribution is 2.41. The van der Waals surface area contributed by atoms with Gasteiger partial charge < -0.3 is 19.9 Å². The van der Waals surface area contributed by atoms with E-state index in [-0.39, 0.29) is 5.91 Å². The average Bonchev–Trinajstić information content (AvgIpc) is 2.99. The Labute approximate surface area is 257 Å². The lowest BCUT2D eigenvalue weighted by atomic mass is 9.94. The van der Waals surface area contributed by atoms with E-state index >= 15 is 0 Å². The Morgan fingerprint density at radius 3 is 1.98 bits per heavy atom. The number of nitrogens with zero attached hydrogens (tertiary/aromatic N) is 1. The molecule has 9 heteroatoms. The normalized spacial score (nSPS) is 13.6. The van der Waals surface area contributed by atoms with E-state index < -0.39 is 12.6 Å². The van der Waals surface area contributed by atoms with Crippen LogP contribution in [0.25, 0.3) is 22.3 Å². The van der Waals surface area contributed by atoms with Crippen molar-refractivity contribution >= 4 is 35.1 Å². The SMILES string of the molecule is O=C(O)COc1c(-c2cccc(Cl)c2)cc(C(=O)NCCCCCCCCN2CCOCC2)cc1-c1cccc(Cl)c1. The van der Waals surface area contributed by atoms with Crippen molar-refractivity contribution < 1.29 is 24.2 Å². The highest BCUT2D eigenvalue weighted by atomic mass is 35.5. The molecule has 1 heterocycles. The molecule has 0 atom stereocenters. The lowest BCUT2D eigenvalue weighted by Crippen LogP contribution is -2.36. The van der Waals surface area contributed by atoms with E-state index in [2.05, 4.69) is 10.2 Å². The maximum absolute atomic E-state index is 13.3. The van der Waals surface area contributed by atoms with Gasteiger partial charge in [-0.2, -0.15) is 0 Å². The molecule has 42 heavy (non-hydrogen) atoms. The Kier molecular flexibility index (Phi) is 12.5. The van der Waals surface area contributed by atoms with Crippen LogP contribution in [0.15, 0.2) is 60.7 Å². The van der Waals surface area contributed by atoms with Crippen molar-refractivity contribution in [3.8, 4) is 28.0 Å². The number of carboxylic acid groups (broad SMARTS) is 1. The molecule has 0 aromatic heterocycles. The molecule has 0 aliphatic carbocycles. The second-order valence-electron chi connectivity index (χ2n) is 10.4. The van der Waals surface area contributed by atoms with Crippen LogP contribution >= 0.6 is 23.2 Å². The summed E-state index contributed by atoms with van der Waals surface area (Å²) in [6.07, 6.45) is 6.73. The van der Waals surface area contributed by atoms with Crippen LogP contribution in [0.2, 0.25) is 10.0 Å². The van der Waals surface area contributed by atoms with Gasteiger partial charge in [-0.3, -0.25) is 9.69 Å². The number of hydrogen-bond acceptors (Lipinski definition) is 5. The minimum atomic E-state index is -1.11. The summed E-state index contributed by atoms with van der Waals surface area (Å²) in [7, 11) is 0. The van der Waals surface area contributed by atoms with Crippen molar-refractivity contribution in [2.45, 2.75) is 38.5 Å². The number of halogens is 2. The maximum Gasteiger partial charge on any atom is 0.341 e.